The van der Waals surface area contributed by atoms with Gasteiger partial charge in [0, 0.05) is 0 Å². The number of benzene rings is 1. The molecule has 0 bridgehead atoms. The third-order valence-corrected chi connectivity index (χ3v) is 4.41. The second-order valence-corrected chi connectivity index (χ2v) is 6.01. The summed E-state index contributed by atoms with van der Waals surface area (Å²) in [5, 5.41) is 12.5. The Balaban J connectivity index is 2.05. The number of aromatic carboxylic acids is 1. The molecule has 118 valence electrons. The van der Waals surface area contributed by atoms with Crippen LogP contribution in [0.25, 0.3) is 11.2 Å². The number of hydrogen-bond acceptors (Lipinski definition) is 6. The Morgan fingerprint density at radius 3 is 2.83 bits per heavy atom. The van der Waals surface area contributed by atoms with Gasteiger partial charge < -0.3 is 15.0 Å². The molecule has 2 aromatic heterocycles. The minimum atomic E-state index is -1.00. The van der Waals surface area contributed by atoms with E-state index in [-0.39, 0.29) is 10.9 Å². The molecule has 0 aliphatic rings. The molecule has 3 aromatic rings. The number of carboxylic acids is 1. The van der Waals surface area contributed by atoms with Crippen molar-refractivity contribution in [1.29, 1.82) is 0 Å². The molecule has 7 nitrogen and oxygen atoms in total. The van der Waals surface area contributed by atoms with Crippen LogP contribution in [0.1, 0.15) is 22.7 Å². The summed E-state index contributed by atoms with van der Waals surface area (Å²) in [6, 6.07) is 6.68. The Hall–Kier alpha value is -2.61. The van der Waals surface area contributed by atoms with Gasteiger partial charge in [-0.25, -0.2) is 19.7 Å². The summed E-state index contributed by atoms with van der Waals surface area (Å²) in [5.74, 6) is -0.518. The molecule has 0 amide bonds. The molecule has 0 radical (unpaired) electrons. The van der Waals surface area contributed by atoms with Crippen LogP contribution in [0.15, 0.2) is 36.9 Å². The molecule has 0 aliphatic carbocycles. The van der Waals surface area contributed by atoms with Crippen LogP contribution in [-0.4, -0.2) is 36.9 Å². The third-order valence-electron chi connectivity index (χ3n) is 3.50. The van der Waals surface area contributed by atoms with Crippen LogP contribution in [0.5, 0.6) is 0 Å². The summed E-state index contributed by atoms with van der Waals surface area (Å²) in [5.41, 5.74) is 1.95. The van der Waals surface area contributed by atoms with Crippen LogP contribution in [0.2, 0.25) is 0 Å². The van der Waals surface area contributed by atoms with Crippen LogP contribution >= 0.6 is 11.8 Å². The first-order chi connectivity index (χ1) is 11.1. The first-order valence-corrected chi connectivity index (χ1v) is 8.20. The minimum absolute atomic E-state index is 0.177. The second kappa shape index (κ2) is 6.25. The van der Waals surface area contributed by atoms with E-state index < -0.39 is 5.97 Å². The van der Waals surface area contributed by atoms with E-state index >= 15 is 0 Å². The lowest BCUT2D eigenvalue weighted by Crippen LogP contribution is -2.04. The highest BCUT2D eigenvalue weighted by Crippen LogP contribution is 2.28. The van der Waals surface area contributed by atoms with Gasteiger partial charge in [0.2, 0.25) is 0 Å². The third kappa shape index (κ3) is 2.85. The number of para-hydroxylation sites is 1. The molecule has 2 N–H and O–H groups in total. The highest BCUT2D eigenvalue weighted by Gasteiger charge is 2.15. The number of nitrogens with one attached hydrogen (secondary N) is 1. The first-order valence-electron chi connectivity index (χ1n) is 6.91. The topological polar surface area (TPSA) is 92.9 Å². The minimum Gasteiger partial charge on any atom is -0.478 e. The van der Waals surface area contributed by atoms with Gasteiger partial charge in [0.15, 0.2) is 17.0 Å². The summed E-state index contributed by atoms with van der Waals surface area (Å²) >= 11 is 1.68. The standard InChI is InChI=1S/C15H15N5O2S/c1-9(23-2)20-8-18-12-13(16-7-17-14(12)20)19-11-6-4-3-5-10(11)15(21)22/h3-9H,1-2H3,(H,21,22)(H,16,17,19). The predicted octanol–water partition coefficient (Wildman–Crippen LogP) is 3.15. The predicted molar refractivity (Wildman–Crippen MR) is 90.2 cm³/mol. The zero-order valence-corrected chi connectivity index (χ0v) is 13.4. The summed E-state index contributed by atoms with van der Waals surface area (Å²) < 4.78 is 1.95. The van der Waals surface area contributed by atoms with Gasteiger partial charge in [0.05, 0.1) is 23.0 Å². The Morgan fingerprint density at radius 2 is 2.09 bits per heavy atom. The Labute approximate surface area is 136 Å². The number of aromatic nitrogens is 4. The van der Waals surface area contributed by atoms with Gasteiger partial charge in [-0.2, -0.15) is 0 Å². The highest BCUT2D eigenvalue weighted by atomic mass is 32.2. The molecule has 0 saturated heterocycles. The number of rotatable bonds is 5. The lowest BCUT2D eigenvalue weighted by atomic mass is 10.2. The lowest BCUT2D eigenvalue weighted by Gasteiger charge is -2.11. The van der Waals surface area contributed by atoms with E-state index in [4.69, 9.17) is 0 Å². The average molecular weight is 329 g/mol. The number of anilines is 2. The quantitative estimate of drug-likeness (QED) is 0.742. The van der Waals surface area contributed by atoms with Crippen molar-refractivity contribution in [1.82, 2.24) is 19.5 Å². The summed E-state index contributed by atoms with van der Waals surface area (Å²) in [4.78, 5) is 24.2. The normalized spacial score (nSPS) is 12.3. The van der Waals surface area contributed by atoms with Gasteiger partial charge in [0.25, 0.3) is 0 Å². The number of hydrogen-bond donors (Lipinski definition) is 2. The van der Waals surface area contributed by atoms with Crippen molar-refractivity contribution in [3.63, 3.8) is 0 Å². The summed E-state index contributed by atoms with van der Waals surface area (Å²) in [6.07, 6.45) is 5.17. The second-order valence-electron chi connectivity index (χ2n) is 4.86. The number of thioether (sulfide) groups is 1. The van der Waals surface area contributed by atoms with E-state index in [1.54, 1.807) is 36.3 Å². The van der Waals surface area contributed by atoms with Crippen LogP contribution in [-0.2, 0) is 0 Å². The van der Waals surface area contributed by atoms with Crippen molar-refractivity contribution < 1.29 is 9.90 Å². The molecule has 8 heteroatoms. The molecule has 23 heavy (non-hydrogen) atoms. The molecule has 1 aromatic carbocycles. The van der Waals surface area contributed by atoms with Crippen LogP contribution in [0, 0.1) is 0 Å². The summed E-state index contributed by atoms with van der Waals surface area (Å²) in [7, 11) is 0. The van der Waals surface area contributed by atoms with Crippen molar-refractivity contribution in [2.75, 3.05) is 11.6 Å². The van der Waals surface area contributed by atoms with Crippen molar-refractivity contribution in [2.24, 2.45) is 0 Å². The molecule has 0 spiro atoms. The number of fused-ring (bicyclic) bond motifs is 1. The van der Waals surface area contributed by atoms with Crippen LogP contribution in [0.4, 0.5) is 11.5 Å². The van der Waals surface area contributed by atoms with E-state index in [1.165, 1.54) is 12.4 Å². The van der Waals surface area contributed by atoms with Crippen molar-refractivity contribution in [2.45, 2.75) is 12.3 Å². The SMILES string of the molecule is CSC(C)n1cnc2c(Nc3ccccc3C(=O)O)ncnc21. The maximum Gasteiger partial charge on any atom is 0.337 e. The molecule has 3 rings (SSSR count). The maximum absolute atomic E-state index is 11.3. The van der Waals surface area contributed by atoms with Crippen LogP contribution in [0.3, 0.4) is 0 Å². The van der Waals surface area contributed by atoms with Gasteiger partial charge in [-0.05, 0) is 25.3 Å². The maximum atomic E-state index is 11.3. The molecule has 0 fully saturated rings. The van der Waals surface area contributed by atoms with Crippen molar-refractivity contribution >= 4 is 40.4 Å². The molecule has 0 aliphatic heterocycles. The molecule has 1 atom stereocenters. The van der Waals surface area contributed by atoms with Crippen molar-refractivity contribution in [3.8, 4) is 0 Å². The number of carboxylic acid groups (broad SMARTS) is 1. The van der Waals surface area contributed by atoms with E-state index in [9.17, 15) is 9.90 Å². The van der Waals surface area contributed by atoms with Gasteiger partial charge >= 0.3 is 5.97 Å². The Kier molecular flexibility index (Phi) is 4.16. The molecule has 1 unspecified atom stereocenters. The fraction of sp³-hybridized carbons (Fsp3) is 0.200. The number of imidazole rings is 1. The largest absolute Gasteiger partial charge is 0.478 e. The van der Waals surface area contributed by atoms with Crippen LogP contribution < -0.4 is 5.32 Å². The smallest absolute Gasteiger partial charge is 0.337 e. The van der Waals surface area contributed by atoms with Gasteiger partial charge in [-0.1, -0.05) is 12.1 Å². The van der Waals surface area contributed by atoms with Gasteiger partial charge in [0.1, 0.15) is 6.33 Å². The Morgan fingerprint density at radius 1 is 1.30 bits per heavy atom. The fourth-order valence-electron chi connectivity index (χ4n) is 2.23. The van der Waals surface area contributed by atoms with E-state index in [0.717, 1.165) is 0 Å². The molecular weight excluding hydrogens is 314 g/mol. The zero-order chi connectivity index (χ0) is 16.4. The highest BCUT2D eigenvalue weighted by molar-refractivity contribution is 7.98. The first kappa shape index (κ1) is 15.3. The van der Waals surface area contributed by atoms with Gasteiger partial charge in [-0.15, -0.1) is 11.8 Å². The molecule has 2 heterocycles. The van der Waals surface area contributed by atoms with Gasteiger partial charge in [-0.3, -0.25) is 0 Å². The molecule has 0 saturated carbocycles. The Bertz CT molecular complexity index is 864. The van der Waals surface area contributed by atoms with E-state index in [2.05, 4.69) is 27.2 Å². The van der Waals surface area contributed by atoms with Crippen molar-refractivity contribution in [3.05, 3.63) is 42.5 Å². The monoisotopic (exact) mass is 329 g/mol. The zero-order valence-electron chi connectivity index (χ0n) is 12.6. The summed E-state index contributed by atoms with van der Waals surface area (Å²) in [6.45, 7) is 2.06. The number of nitrogens with zero attached hydrogens (tertiary/aromatic N) is 4. The number of carbonyl (C=O) groups is 1. The lowest BCUT2D eigenvalue weighted by molar-refractivity contribution is 0.0698. The van der Waals surface area contributed by atoms with E-state index in [0.29, 0.717) is 22.7 Å². The average Bonchev–Trinajstić information content (AvgIpc) is 2.99. The van der Waals surface area contributed by atoms with E-state index in [1.807, 2.05) is 10.8 Å². The fourth-order valence-corrected chi connectivity index (χ4v) is 2.61. The molecular formula is C15H15N5O2S.